The normalized spacial score (nSPS) is 17.5. The van der Waals surface area contributed by atoms with Crippen molar-refractivity contribution >= 4 is 11.6 Å². The summed E-state index contributed by atoms with van der Waals surface area (Å²) in [6.07, 6.45) is 1.93. The molecule has 0 bridgehead atoms. The molecule has 0 aliphatic carbocycles. The summed E-state index contributed by atoms with van der Waals surface area (Å²) in [5.74, 6) is 0.540. The van der Waals surface area contributed by atoms with E-state index in [9.17, 15) is 14.9 Å². The Morgan fingerprint density at radius 1 is 1.38 bits per heavy atom. The van der Waals surface area contributed by atoms with Gasteiger partial charge in [-0.15, -0.1) is 0 Å². The number of nitro benzene ring substituents is 1. The molecular weight excluding hydrogens is 314 g/mol. The summed E-state index contributed by atoms with van der Waals surface area (Å²) in [5.41, 5.74) is -0.240. The van der Waals surface area contributed by atoms with Crippen molar-refractivity contribution in [2.45, 2.75) is 12.8 Å². The molecule has 132 valence electrons. The van der Waals surface area contributed by atoms with Gasteiger partial charge in [0.1, 0.15) is 5.56 Å². The van der Waals surface area contributed by atoms with Crippen molar-refractivity contribution in [2.24, 2.45) is 5.92 Å². The van der Waals surface area contributed by atoms with Crippen LogP contribution in [0.25, 0.3) is 0 Å². The molecule has 0 saturated carbocycles. The first-order chi connectivity index (χ1) is 11.5. The van der Waals surface area contributed by atoms with E-state index < -0.39 is 4.92 Å². The number of carbonyl (C=O) groups is 1. The zero-order chi connectivity index (χ0) is 17.7. The van der Waals surface area contributed by atoms with Crippen LogP contribution in [0.5, 0.6) is 11.5 Å². The zero-order valence-electron chi connectivity index (χ0n) is 14.2. The zero-order valence-corrected chi connectivity index (χ0v) is 14.2. The summed E-state index contributed by atoms with van der Waals surface area (Å²) in [7, 11) is 4.71. The second kappa shape index (κ2) is 7.96. The number of methoxy groups -OCH3 is 2. The Bertz CT molecular complexity index is 618. The van der Waals surface area contributed by atoms with Crippen molar-refractivity contribution in [1.82, 2.24) is 10.2 Å². The van der Waals surface area contributed by atoms with E-state index in [-0.39, 0.29) is 22.9 Å². The summed E-state index contributed by atoms with van der Waals surface area (Å²) >= 11 is 0. The summed E-state index contributed by atoms with van der Waals surface area (Å²) in [4.78, 5) is 25.3. The van der Waals surface area contributed by atoms with Gasteiger partial charge in [-0.2, -0.15) is 0 Å². The van der Waals surface area contributed by atoms with Crippen LogP contribution >= 0.6 is 0 Å². The largest absolute Gasteiger partial charge is 0.493 e. The summed E-state index contributed by atoms with van der Waals surface area (Å²) in [5, 5.41) is 14.5. The van der Waals surface area contributed by atoms with Crippen LogP contribution in [-0.4, -0.2) is 56.6 Å². The van der Waals surface area contributed by atoms with Crippen LogP contribution in [0.2, 0.25) is 0 Å². The molecule has 1 aromatic rings. The lowest BCUT2D eigenvalue weighted by molar-refractivity contribution is -0.385. The number of ether oxygens (including phenoxy) is 2. The molecule has 24 heavy (non-hydrogen) atoms. The number of nitrogens with one attached hydrogen (secondary N) is 1. The van der Waals surface area contributed by atoms with E-state index in [0.717, 1.165) is 19.4 Å². The number of rotatable bonds is 6. The molecule has 8 nitrogen and oxygen atoms in total. The molecule has 2 rings (SSSR count). The Kier molecular flexibility index (Phi) is 5.97. The number of carbonyl (C=O) groups excluding carboxylic acids is 1. The van der Waals surface area contributed by atoms with Crippen LogP contribution in [0.4, 0.5) is 5.69 Å². The van der Waals surface area contributed by atoms with Crippen molar-refractivity contribution < 1.29 is 19.2 Å². The fourth-order valence-electron chi connectivity index (χ4n) is 3.07. The fourth-order valence-corrected chi connectivity index (χ4v) is 3.07. The number of nitrogens with zero attached hydrogens (tertiary/aromatic N) is 2. The molecule has 0 radical (unpaired) electrons. The van der Waals surface area contributed by atoms with E-state index in [1.165, 1.54) is 26.4 Å². The third-order valence-corrected chi connectivity index (χ3v) is 4.23. The molecule has 1 N–H and O–H groups in total. The van der Waals surface area contributed by atoms with Crippen molar-refractivity contribution in [3.8, 4) is 11.5 Å². The van der Waals surface area contributed by atoms with Crippen LogP contribution in [-0.2, 0) is 0 Å². The predicted molar refractivity (Wildman–Crippen MR) is 88.8 cm³/mol. The Morgan fingerprint density at radius 2 is 2.04 bits per heavy atom. The minimum atomic E-state index is -0.565. The van der Waals surface area contributed by atoms with Gasteiger partial charge in [0, 0.05) is 19.2 Å². The average molecular weight is 337 g/mol. The molecule has 1 amide bonds. The minimum Gasteiger partial charge on any atom is -0.493 e. The third-order valence-electron chi connectivity index (χ3n) is 4.23. The smallest absolute Gasteiger partial charge is 0.286 e. The monoisotopic (exact) mass is 337 g/mol. The molecule has 1 heterocycles. The predicted octanol–water partition coefficient (Wildman–Crippen LogP) is 1.68. The number of nitro groups is 1. The van der Waals surface area contributed by atoms with Gasteiger partial charge in [0.2, 0.25) is 0 Å². The number of amides is 1. The Hall–Kier alpha value is -2.35. The van der Waals surface area contributed by atoms with E-state index in [1.807, 2.05) is 7.05 Å². The van der Waals surface area contributed by atoms with Crippen molar-refractivity contribution in [3.63, 3.8) is 0 Å². The highest BCUT2D eigenvalue weighted by Crippen LogP contribution is 2.35. The maximum Gasteiger partial charge on any atom is 0.286 e. The van der Waals surface area contributed by atoms with Crippen LogP contribution in [0.1, 0.15) is 23.2 Å². The van der Waals surface area contributed by atoms with E-state index in [1.54, 1.807) is 4.90 Å². The Labute approximate surface area is 140 Å². The molecule has 1 aliphatic rings. The molecule has 1 saturated heterocycles. The van der Waals surface area contributed by atoms with E-state index >= 15 is 0 Å². The first-order valence-electron chi connectivity index (χ1n) is 7.86. The lowest BCUT2D eigenvalue weighted by Crippen LogP contribution is -2.42. The van der Waals surface area contributed by atoms with Gasteiger partial charge in [-0.3, -0.25) is 14.9 Å². The topological polar surface area (TPSA) is 93.9 Å². The van der Waals surface area contributed by atoms with Crippen LogP contribution < -0.4 is 14.8 Å². The second-order valence-electron chi connectivity index (χ2n) is 5.80. The van der Waals surface area contributed by atoms with Crippen molar-refractivity contribution in [3.05, 3.63) is 27.8 Å². The summed E-state index contributed by atoms with van der Waals surface area (Å²) in [6.45, 7) is 2.01. The van der Waals surface area contributed by atoms with Gasteiger partial charge in [0.15, 0.2) is 11.5 Å². The molecule has 1 aromatic carbocycles. The quantitative estimate of drug-likeness (QED) is 0.627. The van der Waals surface area contributed by atoms with Gasteiger partial charge >= 0.3 is 0 Å². The first-order valence-corrected chi connectivity index (χ1v) is 7.86. The van der Waals surface area contributed by atoms with E-state index in [0.29, 0.717) is 24.8 Å². The maximum atomic E-state index is 12.8. The molecule has 8 heteroatoms. The summed E-state index contributed by atoms with van der Waals surface area (Å²) in [6, 6.07) is 2.63. The fraction of sp³-hybridized carbons (Fsp3) is 0.562. The maximum absolute atomic E-state index is 12.8. The van der Waals surface area contributed by atoms with Crippen LogP contribution in [0.15, 0.2) is 12.1 Å². The highest BCUT2D eigenvalue weighted by atomic mass is 16.6. The average Bonchev–Trinajstić information content (AvgIpc) is 2.60. The first kappa shape index (κ1) is 18.0. The molecule has 0 spiro atoms. The molecule has 0 aromatic heterocycles. The van der Waals surface area contributed by atoms with E-state index in [2.05, 4.69) is 5.32 Å². The number of hydrogen-bond acceptors (Lipinski definition) is 6. The van der Waals surface area contributed by atoms with E-state index in [4.69, 9.17) is 9.47 Å². The molecule has 1 atom stereocenters. The highest BCUT2D eigenvalue weighted by molar-refractivity contribution is 5.99. The number of piperidine rings is 1. The molecule has 1 fully saturated rings. The third kappa shape index (κ3) is 3.76. The lowest BCUT2D eigenvalue weighted by Gasteiger charge is -2.32. The molecule has 1 unspecified atom stereocenters. The second-order valence-corrected chi connectivity index (χ2v) is 5.80. The van der Waals surface area contributed by atoms with Gasteiger partial charge in [0.05, 0.1) is 25.2 Å². The standard InChI is InChI=1S/C16H23N3O5/c1-17-9-11-5-4-6-18(10-11)16(20)12-7-14(23-2)15(24-3)8-13(12)19(21)22/h7-8,11,17H,4-6,9-10H2,1-3H3. The van der Waals surface area contributed by atoms with Crippen LogP contribution in [0, 0.1) is 16.0 Å². The molecular formula is C16H23N3O5. The molecule has 1 aliphatic heterocycles. The van der Waals surface area contributed by atoms with Gasteiger partial charge in [0.25, 0.3) is 11.6 Å². The SMILES string of the molecule is CNCC1CCCN(C(=O)c2cc(OC)c(OC)cc2[N+](=O)[O-])C1. The van der Waals surface area contributed by atoms with Crippen LogP contribution in [0.3, 0.4) is 0 Å². The van der Waals surface area contributed by atoms with Crippen molar-refractivity contribution in [2.75, 3.05) is 40.9 Å². The van der Waals surface area contributed by atoms with Crippen molar-refractivity contribution in [1.29, 1.82) is 0 Å². The van der Waals surface area contributed by atoms with Gasteiger partial charge < -0.3 is 19.7 Å². The number of likely N-dealkylation sites (tertiary alicyclic amines) is 1. The number of benzene rings is 1. The Morgan fingerprint density at radius 3 is 2.62 bits per heavy atom. The van der Waals surface area contributed by atoms with Gasteiger partial charge in [-0.1, -0.05) is 0 Å². The lowest BCUT2D eigenvalue weighted by atomic mass is 9.97. The van der Waals surface area contributed by atoms with Gasteiger partial charge in [-0.25, -0.2) is 0 Å². The number of hydrogen-bond donors (Lipinski definition) is 1. The van der Waals surface area contributed by atoms with Gasteiger partial charge in [-0.05, 0) is 32.4 Å². The Balaban J connectivity index is 2.35. The summed E-state index contributed by atoms with van der Waals surface area (Å²) < 4.78 is 10.3. The minimum absolute atomic E-state index is 0.0303. The highest BCUT2D eigenvalue weighted by Gasteiger charge is 2.30.